The van der Waals surface area contributed by atoms with Crippen LogP contribution >= 0.6 is 0 Å². The van der Waals surface area contributed by atoms with E-state index in [9.17, 15) is 9.59 Å². The number of amides is 2. The molecule has 2 N–H and O–H groups in total. The predicted octanol–water partition coefficient (Wildman–Crippen LogP) is 1.28. The molecular formula is C20H26N6O3. The lowest BCUT2D eigenvalue weighted by Gasteiger charge is -2.19. The van der Waals surface area contributed by atoms with Crippen LogP contribution in [0.25, 0.3) is 0 Å². The second-order valence-electron chi connectivity index (χ2n) is 7.53. The van der Waals surface area contributed by atoms with Crippen molar-refractivity contribution in [3.63, 3.8) is 0 Å². The van der Waals surface area contributed by atoms with Gasteiger partial charge in [-0.2, -0.15) is 10.1 Å². The molecule has 2 fully saturated rings. The largest absolute Gasteiger partial charge is 0.497 e. The Morgan fingerprint density at radius 1 is 1.24 bits per heavy atom. The van der Waals surface area contributed by atoms with Crippen molar-refractivity contribution in [2.24, 2.45) is 13.0 Å². The average molecular weight is 398 g/mol. The SMILES string of the molecule is COc1ccc(N2CC(C(=O)Nc3nc(C4CCNCC4)nn3C)CC2=O)cc1. The number of ether oxygens (including phenoxy) is 1. The fourth-order valence-corrected chi connectivity index (χ4v) is 3.87. The van der Waals surface area contributed by atoms with Crippen LogP contribution in [0.15, 0.2) is 24.3 Å². The van der Waals surface area contributed by atoms with E-state index in [-0.39, 0.29) is 18.2 Å². The summed E-state index contributed by atoms with van der Waals surface area (Å²) in [5.41, 5.74) is 0.762. The van der Waals surface area contributed by atoms with Crippen LogP contribution in [0.4, 0.5) is 11.6 Å². The number of methoxy groups -OCH3 is 1. The number of nitrogens with one attached hydrogen (secondary N) is 2. The smallest absolute Gasteiger partial charge is 0.232 e. The summed E-state index contributed by atoms with van der Waals surface area (Å²) in [5, 5.41) is 10.7. The molecule has 0 radical (unpaired) electrons. The lowest BCUT2D eigenvalue weighted by Crippen LogP contribution is -2.28. The standard InChI is InChI=1S/C20H26N6O3/c1-25-20(22-18(24-25)13-7-9-21-10-8-13)23-19(28)14-11-17(27)26(12-14)15-3-5-16(29-2)6-4-15/h3-6,13-14,21H,7-12H2,1-2H3,(H,22,23,24,28). The molecule has 29 heavy (non-hydrogen) atoms. The number of rotatable bonds is 5. The first-order valence-electron chi connectivity index (χ1n) is 9.92. The Balaban J connectivity index is 1.41. The second-order valence-corrected chi connectivity index (χ2v) is 7.53. The summed E-state index contributed by atoms with van der Waals surface area (Å²) in [6.45, 7) is 2.25. The van der Waals surface area contributed by atoms with E-state index in [0.717, 1.165) is 43.2 Å². The summed E-state index contributed by atoms with van der Waals surface area (Å²) in [4.78, 5) is 31.4. The lowest BCUT2D eigenvalue weighted by atomic mass is 9.98. The zero-order chi connectivity index (χ0) is 20.4. The van der Waals surface area contributed by atoms with Gasteiger partial charge < -0.3 is 15.0 Å². The number of aryl methyl sites for hydroxylation is 1. The highest BCUT2D eigenvalue weighted by Crippen LogP contribution is 2.28. The molecule has 4 rings (SSSR count). The Morgan fingerprint density at radius 3 is 2.66 bits per heavy atom. The molecular weight excluding hydrogens is 372 g/mol. The number of hydrogen-bond acceptors (Lipinski definition) is 6. The molecule has 1 atom stereocenters. The highest BCUT2D eigenvalue weighted by atomic mass is 16.5. The maximum Gasteiger partial charge on any atom is 0.232 e. The van der Waals surface area contributed by atoms with E-state index in [0.29, 0.717) is 18.4 Å². The van der Waals surface area contributed by atoms with Gasteiger partial charge in [0.05, 0.1) is 13.0 Å². The van der Waals surface area contributed by atoms with E-state index in [1.54, 1.807) is 35.9 Å². The summed E-state index contributed by atoms with van der Waals surface area (Å²) >= 11 is 0. The molecule has 1 unspecified atom stereocenters. The Labute approximate surface area is 169 Å². The Morgan fingerprint density at radius 2 is 1.97 bits per heavy atom. The fraction of sp³-hybridized carbons (Fsp3) is 0.500. The molecule has 2 aromatic rings. The number of carbonyl (C=O) groups excluding carboxylic acids is 2. The monoisotopic (exact) mass is 398 g/mol. The minimum atomic E-state index is -0.427. The number of nitrogens with zero attached hydrogens (tertiary/aromatic N) is 4. The number of carbonyl (C=O) groups is 2. The number of benzene rings is 1. The zero-order valence-electron chi connectivity index (χ0n) is 16.7. The van der Waals surface area contributed by atoms with Crippen LogP contribution < -0.4 is 20.3 Å². The van der Waals surface area contributed by atoms with Crippen molar-refractivity contribution in [2.45, 2.75) is 25.2 Å². The minimum absolute atomic E-state index is 0.0660. The van der Waals surface area contributed by atoms with Crippen molar-refractivity contribution in [2.75, 3.05) is 37.0 Å². The summed E-state index contributed by atoms with van der Waals surface area (Å²) in [6.07, 6.45) is 2.16. The Hall–Kier alpha value is -2.94. The van der Waals surface area contributed by atoms with Crippen molar-refractivity contribution in [1.82, 2.24) is 20.1 Å². The molecule has 0 saturated carbocycles. The molecule has 2 saturated heterocycles. The van der Waals surface area contributed by atoms with Crippen LogP contribution in [-0.2, 0) is 16.6 Å². The highest BCUT2D eigenvalue weighted by Gasteiger charge is 2.35. The van der Waals surface area contributed by atoms with E-state index in [4.69, 9.17) is 4.74 Å². The maximum atomic E-state index is 12.8. The van der Waals surface area contributed by atoms with Crippen LogP contribution in [0, 0.1) is 5.92 Å². The fourth-order valence-electron chi connectivity index (χ4n) is 3.87. The quantitative estimate of drug-likeness (QED) is 0.787. The molecule has 2 aliphatic heterocycles. The highest BCUT2D eigenvalue weighted by molar-refractivity contribution is 6.03. The predicted molar refractivity (Wildman–Crippen MR) is 108 cm³/mol. The van der Waals surface area contributed by atoms with Crippen molar-refractivity contribution in [3.05, 3.63) is 30.1 Å². The van der Waals surface area contributed by atoms with E-state index < -0.39 is 5.92 Å². The summed E-state index contributed by atoms with van der Waals surface area (Å²) < 4.78 is 6.76. The number of piperidine rings is 1. The molecule has 9 heteroatoms. The van der Waals surface area contributed by atoms with Gasteiger partial charge in [0.15, 0.2) is 5.82 Å². The van der Waals surface area contributed by atoms with E-state index >= 15 is 0 Å². The lowest BCUT2D eigenvalue weighted by molar-refractivity contribution is -0.122. The normalized spacial score (nSPS) is 20.1. The Kier molecular flexibility index (Phi) is 5.48. The summed E-state index contributed by atoms with van der Waals surface area (Å²) in [5.74, 6) is 1.54. The van der Waals surface area contributed by atoms with Gasteiger partial charge in [0.25, 0.3) is 0 Å². The van der Waals surface area contributed by atoms with Gasteiger partial charge in [0, 0.05) is 31.6 Å². The average Bonchev–Trinajstić information content (AvgIpc) is 3.31. The molecule has 3 heterocycles. The molecule has 0 bridgehead atoms. The van der Waals surface area contributed by atoms with Crippen LogP contribution in [0.5, 0.6) is 5.75 Å². The van der Waals surface area contributed by atoms with Gasteiger partial charge in [-0.15, -0.1) is 0 Å². The molecule has 2 amide bonds. The van der Waals surface area contributed by atoms with Crippen molar-refractivity contribution >= 4 is 23.5 Å². The van der Waals surface area contributed by atoms with E-state index in [1.165, 1.54) is 0 Å². The third-order valence-electron chi connectivity index (χ3n) is 5.60. The Bertz CT molecular complexity index is 888. The van der Waals surface area contributed by atoms with E-state index in [1.807, 2.05) is 12.1 Å². The second kappa shape index (κ2) is 8.20. The third kappa shape index (κ3) is 4.09. The van der Waals surface area contributed by atoms with Crippen LogP contribution in [0.1, 0.15) is 31.0 Å². The third-order valence-corrected chi connectivity index (χ3v) is 5.60. The number of aromatic nitrogens is 3. The van der Waals surface area contributed by atoms with Gasteiger partial charge in [-0.3, -0.25) is 14.9 Å². The van der Waals surface area contributed by atoms with Crippen molar-refractivity contribution < 1.29 is 14.3 Å². The van der Waals surface area contributed by atoms with Gasteiger partial charge in [-0.1, -0.05) is 0 Å². The molecule has 0 aliphatic carbocycles. The summed E-state index contributed by atoms with van der Waals surface area (Å²) in [7, 11) is 3.37. The van der Waals surface area contributed by atoms with Crippen LogP contribution in [-0.4, -0.2) is 53.3 Å². The first kappa shape index (κ1) is 19.4. The van der Waals surface area contributed by atoms with Crippen LogP contribution in [0.3, 0.4) is 0 Å². The van der Waals surface area contributed by atoms with Gasteiger partial charge in [0.2, 0.25) is 17.8 Å². The first-order valence-corrected chi connectivity index (χ1v) is 9.92. The maximum absolute atomic E-state index is 12.8. The molecule has 9 nitrogen and oxygen atoms in total. The molecule has 1 aromatic heterocycles. The molecule has 2 aliphatic rings. The van der Waals surface area contributed by atoms with Gasteiger partial charge in [-0.25, -0.2) is 4.68 Å². The zero-order valence-corrected chi connectivity index (χ0v) is 16.7. The van der Waals surface area contributed by atoms with Gasteiger partial charge in [0.1, 0.15) is 5.75 Å². The van der Waals surface area contributed by atoms with Gasteiger partial charge >= 0.3 is 0 Å². The van der Waals surface area contributed by atoms with Crippen molar-refractivity contribution in [1.29, 1.82) is 0 Å². The van der Waals surface area contributed by atoms with Crippen molar-refractivity contribution in [3.8, 4) is 5.75 Å². The van der Waals surface area contributed by atoms with Crippen LogP contribution in [0.2, 0.25) is 0 Å². The summed E-state index contributed by atoms with van der Waals surface area (Å²) in [6, 6.07) is 7.26. The van der Waals surface area contributed by atoms with E-state index in [2.05, 4.69) is 20.7 Å². The molecule has 0 spiro atoms. The first-order chi connectivity index (χ1) is 14.0. The number of anilines is 2. The topological polar surface area (TPSA) is 101 Å². The molecule has 1 aromatic carbocycles. The van der Waals surface area contributed by atoms with Gasteiger partial charge in [-0.05, 0) is 50.2 Å². The number of hydrogen-bond donors (Lipinski definition) is 2. The minimum Gasteiger partial charge on any atom is -0.497 e. The molecule has 154 valence electrons.